The molecule has 8 aliphatic heterocycles. The zero-order chi connectivity index (χ0) is 94.8. The summed E-state index contributed by atoms with van der Waals surface area (Å²) < 4.78 is 34.6. The van der Waals surface area contributed by atoms with Crippen molar-refractivity contribution in [2.75, 3.05) is 92.1 Å². The third-order valence-electron chi connectivity index (χ3n) is 33.7. The quantitative estimate of drug-likeness (QED) is 0.188. The summed E-state index contributed by atoms with van der Waals surface area (Å²) in [5, 5.41) is 2.98. The second kappa shape index (κ2) is 42.3. The Morgan fingerprint density at radius 2 is 0.653 bits per heavy atom. The van der Waals surface area contributed by atoms with Gasteiger partial charge in [0.1, 0.15) is 0 Å². The van der Waals surface area contributed by atoms with Crippen LogP contribution in [0.15, 0.2) is 0 Å². The number of ether oxygens (including phenoxy) is 2. The van der Waals surface area contributed by atoms with Crippen LogP contribution >= 0.6 is 35.3 Å². The molecular formula is C109H205N2O6S4-. The zero-order valence-electron chi connectivity index (χ0n) is 88.8. The molecule has 8 heterocycles. The van der Waals surface area contributed by atoms with Gasteiger partial charge in [0.05, 0.1) is 18.1 Å². The summed E-state index contributed by atoms with van der Waals surface area (Å²) >= 11 is 6.42. The van der Waals surface area contributed by atoms with Crippen LogP contribution in [-0.4, -0.2) is 117 Å². The third-order valence-corrected chi connectivity index (χ3v) is 38.9. The molecule has 121 heavy (non-hydrogen) atoms. The molecule has 8 rings (SSSR count). The molecule has 0 aliphatic carbocycles. The third kappa shape index (κ3) is 28.5. The fraction of sp³-hybridized carbons (Fsp3) is 0.917. The highest BCUT2D eigenvalue weighted by molar-refractivity contribution is 7.99. The van der Waals surface area contributed by atoms with E-state index >= 15 is 0 Å². The van der Waals surface area contributed by atoms with Crippen LogP contribution in [0, 0.1) is 172 Å². The van der Waals surface area contributed by atoms with E-state index in [1.54, 1.807) is 0 Å². The topological polar surface area (TPSA) is 102 Å². The van der Waals surface area contributed by atoms with Crippen LogP contribution in [0.4, 0.5) is 0 Å². The van der Waals surface area contributed by atoms with Crippen molar-refractivity contribution in [3.05, 3.63) is 6.92 Å². The van der Waals surface area contributed by atoms with Gasteiger partial charge < -0.3 is 19.7 Å². The summed E-state index contributed by atoms with van der Waals surface area (Å²) in [6.45, 7) is 122. The molecule has 712 valence electrons. The van der Waals surface area contributed by atoms with Crippen LogP contribution < -0.4 is 5.32 Å². The monoisotopic (exact) mass is 1770 g/mol. The van der Waals surface area contributed by atoms with E-state index in [4.69, 9.17) is 9.47 Å². The van der Waals surface area contributed by atoms with Crippen LogP contribution in [0.2, 0.25) is 0 Å². The molecule has 2 amide bonds. The van der Waals surface area contributed by atoms with Crippen molar-refractivity contribution >= 4 is 56.9 Å². The molecule has 0 spiro atoms. The van der Waals surface area contributed by atoms with Gasteiger partial charge in [-0.15, -0.1) is 5.92 Å². The number of nitrogens with zero attached hydrogens (tertiary/aromatic N) is 1. The maximum atomic E-state index is 12.2. The fourth-order valence-corrected chi connectivity index (χ4v) is 33.1. The highest BCUT2D eigenvalue weighted by Crippen LogP contribution is 2.65. The highest BCUT2D eigenvalue weighted by atomic mass is 32.2. The van der Waals surface area contributed by atoms with Crippen LogP contribution in [0.5, 0.6) is 0 Å². The molecule has 12 heteroatoms. The molecule has 0 saturated carbocycles. The van der Waals surface area contributed by atoms with Crippen molar-refractivity contribution in [3.8, 4) is 35.5 Å². The predicted molar refractivity (Wildman–Crippen MR) is 543 cm³/mol. The average molecular weight is 1770 g/mol. The summed E-state index contributed by atoms with van der Waals surface area (Å²) in [5.41, 5.74) is 7.38. The van der Waals surface area contributed by atoms with E-state index in [-0.39, 0.29) is 68.0 Å². The number of amides is 2. The predicted octanol–water partition coefficient (Wildman–Crippen LogP) is 30.4. The Morgan fingerprint density at radius 1 is 0.355 bits per heavy atom. The van der Waals surface area contributed by atoms with Gasteiger partial charge >= 0.3 is 0 Å². The number of hydrogen-bond acceptors (Lipinski definition) is 9. The van der Waals surface area contributed by atoms with E-state index in [1.165, 1.54) is 85.9 Å². The number of thioether (sulfide) groups is 3. The van der Waals surface area contributed by atoms with Gasteiger partial charge in [0.25, 0.3) is 5.91 Å². The van der Waals surface area contributed by atoms with Crippen molar-refractivity contribution < 1.29 is 27.5 Å². The minimum absolute atomic E-state index is 0. The molecular weight excluding hydrogens is 1560 g/mol. The molecule has 8 aliphatic rings. The maximum Gasteiger partial charge on any atom is 0.299 e. The SMILES string of the molecule is C.CC(C)(C)C1(C(C)(C)C)CCCSC1.CC(C)(C)C1(C(C)(C)C)CCOC1.CC(C)(C)C1(C(C)(C)C)CCOCC1.CC(C)(C)C1(C(C)(C)C)CCS(=O)(=O)C1.CC(C)(C)C1(C(C)(C)C)CCSC1.CC(C)(C)C1(C(C)(C)C)CCSCC1.CC(C)(C)C1(C(C)(C)C)CNC(=O)C1.[CH2-]C#CC#CC#CC(=O)N1CCC(C(C)(C)C)(C(C)(C)C)CC1. The average Bonchev–Trinajstić information content (AvgIpc) is 1.32. The summed E-state index contributed by atoms with van der Waals surface area (Å²) in [4.78, 5) is 25.5. The van der Waals surface area contributed by atoms with Gasteiger partial charge in [0.15, 0.2) is 9.84 Å². The number of hydrogen-bond donors (Lipinski definition) is 1. The van der Waals surface area contributed by atoms with Gasteiger partial charge in [0, 0.05) is 62.6 Å². The Labute approximate surface area is 770 Å². The molecule has 1 N–H and O–H groups in total. The Balaban J connectivity index is 0.00000137. The number of likely N-dealkylation sites (tertiary alicyclic amines) is 1. The summed E-state index contributed by atoms with van der Waals surface area (Å²) in [5.74, 6) is 24.1. The Morgan fingerprint density at radius 3 is 0.876 bits per heavy atom. The van der Waals surface area contributed by atoms with Crippen molar-refractivity contribution in [1.82, 2.24) is 10.2 Å². The van der Waals surface area contributed by atoms with Crippen molar-refractivity contribution in [3.63, 3.8) is 0 Å². The molecule has 8 saturated heterocycles. The molecule has 8 nitrogen and oxygen atoms in total. The number of nitrogens with one attached hydrogen (secondary N) is 1. The van der Waals surface area contributed by atoms with Gasteiger partial charge in [-0.2, -0.15) is 42.2 Å². The van der Waals surface area contributed by atoms with Gasteiger partial charge in [0.2, 0.25) is 5.91 Å². The largest absolute Gasteiger partial charge is 0.381 e. The van der Waals surface area contributed by atoms with Crippen LogP contribution in [-0.2, 0) is 28.9 Å². The molecule has 0 atom stereocenters. The second-order valence-corrected chi connectivity index (χ2v) is 60.2. The molecule has 0 aromatic carbocycles. The normalized spacial score (nSPS) is 22.2. The van der Waals surface area contributed by atoms with Gasteiger partial charge in [-0.25, -0.2) is 14.3 Å². The lowest BCUT2D eigenvalue weighted by Gasteiger charge is -2.57. The van der Waals surface area contributed by atoms with E-state index in [2.05, 4.69) is 415 Å². The zero-order valence-corrected chi connectivity index (χ0v) is 92.1. The number of carbonyl (C=O) groups is 2. The van der Waals surface area contributed by atoms with Gasteiger partial charge in [-0.3, -0.25) is 15.5 Å². The fourth-order valence-electron chi connectivity index (χ4n) is 25.5. The number of carbonyl (C=O) groups excluding carboxylic acids is 2. The summed E-state index contributed by atoms with van der Waals surface area (Å²) in [6.07, 6.45) is 14.1. The van der Waals surface area contributed by atoms with E-state index in [1.807, 2.05) is 4.90 Å². The molecule has 0 bridgehead atoms. The van der Waals surface area contributed by atoms with Gasteiger partial charge in [-0.05, 0) is 236 Å². The van der Waals surface area contributed by atoms with Gasteiger partial charge in [-0.1, -0.05) is 340 Å². The van der Waals surface area contributed by atoms with E-state index in [9.17, 15) is 18.0 Å². The van der Waals surface area contributed by atoms with E-state index < -0.39 is 9.84 Å². The lowest BCUT2D eigenvalue weighted by Crippen LogP contribution is -2.54. The first-order valence-corrected chi connectivity index (χ1v) is 52.3. The Bertz CT molecular complexity index is 3200. The lowest BCUT2D eigenvalue weighted by atomic mass is 9.50. The first-order valence-electron chi connectivity index (χ1n) is 47.0. The second-order valence-electron chi connectivity index (χ2n) is 54.5. The van der Waals surface area contributed by atoms with Crippen LogP contribution in [0.25, 0.3) is 0 Å². The Kier molecular flexibility index (Phi) is 41.8. The molecule has 0 aromatic heterocycles. The minimum atomic E-state index is -2.82. The number of piperidine rings is 1. The maximum absolute atomic E-state index is 12.2. The van der Waals surface area contributed by atoms with Crippen LogP contribution in [0.1, 0.15) is 417 Å². The molecule has 0 unspecified atom stereocenters. The molecule has 8 fully saturated rings. The van der Waals surface area contributed by atoms with Crippen molar-refractivity contribution in [2.45, 2.75) is 417 Å². The van der Waals surface area contributed by atoms with Crippen LogP contribution in [0.3, 0.4) is 0 Å². The summed E-state index contributed by atoms with van der Waals surface area (Å²) in [6, 6.07) is 0. The number of rotatable bonds is 0. The number of sulfone groups is 1. The highest BCUT2D eigenvalue weighted by Gasteiger charge is 2.60. The minimum Gasteiger partial charge on any atom is -0.381 e. The molecule has 0 aromatic rings. The first kappa shape index (κ1) is 119. The first-order chi connectivity index (χ1) is 53.1. The van der Waals surface area contributed by atoms with Crippen molar-refractivity contribution in [1.29, 1.82) is 0 Å². The van der Waals surface area contributed by atoms with E-state index in [0.29, 0.717) is 99.2 Å². The standard InChI is InChI=1S/C21H28NO.C13H26O.2C13H26S.C12H23NO.C12H24O2S.C12H24O.C12H24S.CH4/c1-8-9-10-11-12-13-18(23)22-16-14-21(15-17-22,19(2,3)4)20(5,6)7;2*1-11(2,3)13(12(4,5)6)7-9-14-10-8-13;1-11(2,3)13(12(4,5)6)8-7-9-14-10-13;1-10(2,3)12(11(4,5)6)7-9(14)13-8-12;1-10(2,3)12(11(4,5)6)7-8-15(13,14)9-12;2*1-10(2,3)12(11(4,5)6)7-8-13-9-12;/h1,14-17H2,2-7H3;3*7-10H2,1-6H3;7-8H2,1-6H3,(H,13,14);7-9H2,1-6H3;2*7-9H2,1-6H3;1H4/q-1;;;;;;;;. The van der Waals surface area contributed by atoms with Crippen molar-refractivity contribution in [2.24, 2.45) is 130 Å². The lowest BCUT2D eigenvalue weighted by molar-refractivity contribution is -0.134. The molecule has 0 radical (unpaired) electrons. The smallest absolute Gasteiger partial charge is 0.299 e. The Hall–Kier alpha value is -1.59. The summed E-state index contributed by atoms with van der Waals surface area (Å²) in [7, 11) is -2.82. The van der Waals surface area contributed by atoms with E-state index in [0.717, 1.165) is 65.3 Å².